The van der Waals surface area contributed by atoms with E-state index >= 15 is 0 Å². The Labute approximate surface area is 90.9 Å². The second-order valence-corrected chi connectivity index (χ2v) is 5.23. The first-order chi connectivity index (χ1) is 6.91. The Balaban J connectivity index is 2.87. The third-order valence-corrected chi connectivity index (χ3v) is 2.80. The molecular formula is C13H18N2. The number of rotatable bonds is 0. The van der Waals surface area contributed by atoms with Crippen LogP contribution in [-0.2, 0) is 12.5 Å². The minimum absolute atomic E-state index is 0.103. The minimum Gasteiger partial charge on any atom is -0.350 e. The van der Waals surface area contributed by atoms with Gasteiger partial charge < -0.3 is 4.57 Å². The third-order valence-electron chi connectivity index (χ3n) is 2.80. The summed E-state index contributed by atoms with van der Waals surface area (Å²) in [6, 6.07) is 2.08. The largest absolute Gasteiger partial charge is 0.350 e. The minimum atomic E-state index is 0.103. The van der Waals surface area contributed by atoms with Crippen molar-refractivity contribution in [3.05, 3.63) is 29.7 Å². The SMILES string of the molecule is Cc1cn(C)c2ccnc(C(C)(C)C)c12. The molecule has 2 aromatic heterocycles. The molecule has 0 atom stereocenters. The van der Waals surface area contributed by atoms with Crippen molar-refractivity contribution in [3.8, 4) is 0 Å². The molecule has 15 heavy (non-hydrogen) atoms. The van der Waals surface area contributed by atoms with E-state index in [4.69, 9.17) is 0 Å². The van der Waals surface area contributed by atoms with Gasteiger partial charge in [-0.25, -0.2) is 0 Å². The predicted molar refractivity (Wildman–Crippen MR) is 64.2 cm³/mol. The molecule has 0 saturated heterocycles. The zero-order chi connectivity index (χ0) is 11.2. The summed E-state index contributed by atoms with van der Waals surface area (Å²) in [5.74, 6) is 0. The second-order valence-electron chi connectivity index (χ2n) is 5.23. The Kier molecular flexibility index (Phi) is 2.10. The van der Waals surface area contributed by atoms with Crippen molar-refractivity contribution < 1.29 is 0 Å². The zero-order valence-electron chi connectivity index (χ0n) is 10.1. The molecule has 0 aliphatic carbocycles. The number of aryl methyl sites for hydroxylation is 2. The van der Waals surface area contributed by atoms with Gasteiger partial charge in [0.1, 0.15) is 0 Å². The maximum Gasteiger partial charge on any atom is 0.0553 e. The van der Waals surface area contributed by atoms with Crippen LogP contribution in [0.4, 0.5) is 0 Å². The standard InChI is InChI=1S/C13H18N2/c1-9-8-15(5)10-6-7-14-12(11(9)10)13(2,3)4/h6-8H,1-5H3. The fraction of sp³-hybridized carbons (Fsp3) is 0.462. The van der Waals surface area contributed by atoms with Crippen molar-refractivity contribution in [2.24, 2.45) is 7.05 Å². The average molecular weight is 202 g/mol. The van der Waals surface area contributed by atoms with Crippen molar-refractivity contribution >= 4 is 10.9 Å². The maximum atomic E-state index is 4.54. The van der Waals surface area contributed by atoms with Gasteiger partial charge in [0.05, 0.1) is 11.2 Å². The van der Waals surface area contributed by atoms with Crippen molar-refractivity contribution in [1.82, 2.24) is 9.55 Å². The molecule has 0 aromatic carbocycles. The highest BCUT2D eigenvalue weighted by Gasteiger charge is 2.20. The van der Waals surface area contributed by atoms with Gasteiger partial charge in [0.15, 0.2) is 0 Å². The molecule has 0 unspecified atom stereocenters. The molecule has 0 aliphatic rings. The Morgan fingerprint density at radius 1 is 1.27 bits per heavy atom. The van der Waals surface area contributed by atoms with Crippen LogP contribution >= 0.6 is 0 Å². The highest BCUT2D eigenvalue weighted by Crippen LogP contribution is 2.30. The summed E-state index contributed by atoms with van der Waals surface area (Å²) in [6.07, 6.45) is 4.07. The molecule has 2 heteroatoms. The van der Waals surface area contributed by atoms with Crippen LogP contribution in [0.25, 0.3) is 10.9 Å². The van der Waals surface area contributed by atoms with Gasteiger partial charge in [0.2, 0.25) is 0 Å². The number of pyridine rings is 1. The summed E-state index contributed by atoms with van der Waals surface area (Å²) >= 11 is 0. The molecule has 2 heterocycles. The Morgan fingerprint density at radius 3 is 2.53 bits per heavy atom. The Morgan fingerprint density at radius 2 is 1.93 bits per heavy atom. The molecule has 0 aliphatic heterocycles. The Bertz CT molecular complexity index is 501. The first kappa shape index (κ1) is 10.2. The average Bonchev–Trinajstić information content (AvgIpc) is 2.41. The van der Waals surface area contributed by atoms with Crippen molar-refractivity contribution in [3.63, 3.8) is 0 Å². The fourth-order valence-corrected chi connectivity index (χ4v) is 2.13. The molecule has 2 aromatic rings. The number of fused-ring (bicyclic) bond motifs is 1. The van der Waals surface area contributed by atoms with Crippen molar-refractivity contribution in [2.45, 2.75) is 33.1 Å². The van der Waals surface area contributed by atoms with Gasteiger partial charge in [0, 0.05) is 30.2 Å². The molecule has 0 N–H and O–H groups in total. The smallest absolute Gasteiger partial charge is 0.0553 e. The molecule has 2 nitrogen and oxygen atoms in total. The van der Waals surface area contributed by atoms with Crippen LogP contribution in [0, 0.1) is 6.92 Å². The lowest BCUT2D eigenvalue weighted by molar-refractivity contribution is 0.575. The number of aromatic nitrogens is 2. The van der Waals surface area contributed by atoms with Crippen LogP contribution in [0.2, 0.25) is 0 Å². The van der Waals surface area contributed by atoms with Crippen LogP contribution in [0.1, 0.15) is 32.0 Å². The van der Waals surface area contributed by atoms with Crippen LogP contribution in [0.15, 0.2) is 18.5 Å². The number of nitrogens with zero attached hydrogens (tertiary/aromatic N) is 2. The summed E-state index contributed by atoms with van der Waals surface area (Å²) in [6.45, 7) is 8.78. The predicted octanol–water partition coefficient (Wildman–Crippen LogP) is 3.18. The van der Waals surface area contributed by atoms with Gasteiger partial charge in [-0.1, -0.05) is 20.8 Å². The molecule has 0 fully saturated rings. The molecule has 0 spiro atoms. The van der Waals surface area contributed by atoms with E-state index in [2.05, 4.69) is 56.6 Å². The monoisotopic (exact) mass is 202 g/mol. The third kappa shape index (κ3) is 1.54. The van der Waals surface area contributed by atoms with E-state index in [0.717, 1.165) is 0 Å². The summed E-state index contributed by atoms with van der Waals surface area (Å²) in [5, 5.41) is 1.31. The van der Waals surface area contributed by atoms with Crippen LogP contribution in [-0.4, -0.2) is 9.55 Å². The topological polar surface area (TPSA) is 17.8 Å². The normalized spacial score (nSPS) is 12.3. The van der Waals surface area contributed by atoms with E-state index in [-0.39, 0.29) is 5.41 Å². The van der Waals surface area contributed by atoms with Crippen molar-refractivity contribution in [1.29, 1.82) is 0 Å². The maximum absolute atomic E-state index is 4.54. The van der Waals surface area contributed by atoms with Gasteiger partial charge >= 0.3 is 0 Å². The summed E-state index contributed by atoms with van der Waals surface area (Å²) in [5.41, 5.74) is 3.88. The fourth-order valence-electron chi connectivity index (χ4n) is 2.13. The molecule has 0 saturated carbocycles. The van der Waals surface area contributed by atoms with Gasteiger partial charge in [-0.15, -0.1) is 0 Å². The van der Waals surface area contributed by atoms with Crippen molar-refractivity contribution in [2.75, 3.05) is 0 Å². The van der Waals surface area contributed by atoms with E-state index < -0.39 is 0 Å². The Hall–Kier alpha value is -1.31. The van der Waals surface area contributed by atoms with E-state index in [1.807, 2.05) is 6.20 Å². The second kappa shape index (κ2) is 3.09. The summed E-state index contributed by atoms with van der Waals surface area (Å²) in [7, 11) is 2.09. The molecule has 80 valence electrons. The van der Waals surface area contributed by atoms with Crippen LogP contribution < -0.4 is 0 Å². The molecular weight excluding hydrogens is 184 g/mol. The van der Waals surface area contributed by atoms with Gasteiger partial charge in [-0.3, -0.25) is 4.98 Å². The quantitative estimate of drug-likeness (QED) is 0.641. The highest BCUT2D eigenvalue weighted by molar-refractivity contribution is 5.86. The summed E-state index contributed by atoms with van der Waals surface area (Å²) < 4.78 is 2.17. The summed E-state index contributed by atoms with van der Waals surface area (Å²) in [4.78, 5) is 4.54. The van der Waals surface area contributed by atoms with E-state index in [1.54, 1.807) is 0 Å². The lowest BCUT2D eigenvalue weighted by Gasteiger charge is -2.19. The zero-order valence-corrected chi connectivity index (χ0v) is 10.1. The highest BCUT2D eigenvalue weighted by atomic mass is 14.9. The molecule has 2 rings (SSSR count). The molecule has 0 bridgehead atoms. The first-order valence-corrected chi connectivity index (χ1v) is 5.32. The number of hydrogen-bond donors (Lipinski definition) is 0. The lowest BCUT2D eigenvalue weighted by atomic mass is 9.88. The van der Waals surface area contributed by atoms with Gasteiger partial charge in [0.25, 0.3) is 0 Å². The van der Waals surface area contributed by atoms with E-state index in [9.17, 15) is 0 Å². The van der Waals surface area contributed by atoms with Crippen LogP contribution in [0.5, 0.6) is 0 Å². The first-order valence-electron chi connectivity index (χ1n) is 5.32. The van der Waals surface area contributed by atoms with Gasteiger partial charge in [-0.05, 0) is 18.6 Å². The van der Waals surface area contributed by atoms with E-state index in [0.29, 0.717) is 0 Å². The number of hydrogen-bond acceptors (Lipinski definition) is 1. The van der Waals surface area contributed by atoms with Gasteiger partial charge in [-0.2, -0.15) is 0 Å². The molecule has 0 amide bonds. The van der Waals surface area contributed by atoms with Crippen LogP contribution in [0.3, 0.4) is 0 Å². The van der Waals surface area contributed by atoms with E-state index in [1.165, 1.54) is 22.2 Å². The lowest BCUT2D eigenvalue weighted by Crippen LogP contribution is -2.14. The molecule has 0 radical (unpaired) electrons.